The van der Waals surface area contributed by atoms with E-state index in [-0.39, 0.29) is 18.1 Å². The number of para-hydroxylation sites is 1. The molecule has 0 radical (unpaired) electrons. The van der Waals surface area contributed by atoms with Crippen LogP contribution in [0, 0.1) is 5.41 Å². The number of ether oxygens (including phenoxy) is 1. The Morgan fingerprint density at radius 2 is 1.93 bits per heavy atom. The van der Waals surface area contributed by atoms with Gasteiger partial charge in [0.2, 0.25) is 0 Å². The van der Waals surface area contributed by atoms with Gasteiger partial charge in [-0.3, -0.25) is 0 Å². The van der Waals surface area contributed by atoms with E-state index in [2.05, 4.69) is 10.2 Å². The minimum absolute atomic E-state index is 0.0787. The molecule has 1 aliphatic heterocycles. The summed E-state index contributed by atoms with van der Waals surface area (Å²) in [6.07, 6.45) is 1.81. The Morgan fingerprint density at radius 1 is 1.18 bits per heavy atom. The highest BCUT2D eigenvalue weighted by Crippen LogP contribution is 2.31. The molecule has 0 saturated carbocycles. The number of carbonyl (C=O) groups excluding carboxylic acids is 1. The molecule has 0 aromatic heterocycles. The molecule has 150 valence electrons. The summed E-state index contributed by atoms with van der Waals surface area (Å²) in [6, 6.07) is 16.8. The van der Waals surface area contributed by atoms with Crippen LogP contribution in [0.1, 0.15) is 12.8 Å². The summed E-state index contributed by atoms with van der Waals surface area (Å²) in [6.45, 7) is 2.08. The Hall–Kier alpha value is -2.57. The molecule has 1 fully saturated rings. The van der Waals surface area contributed by atoms with Gasteiger partial charge in [-0.25, -0.2) is 4.79 Å². The average molecular weight is 383 g/mol. The molecule has 2 amide bonds. The number of likely N-dealkylation sites (tertiary alicyclic amines) is 1. The van der Waals surface area contributed by atoms with Crippen molar-refractivity contribution in [2.24, 2.45) is 5.41 Å². The molecule has 2 aromatic rings. The van der Waals surface area contributed by atoms with Gasteiger partial charge in [0.1, 0.15) is 11.5 Å². The lowest BCUT2D eigenvalue weighted by molar-refractivity contribution is 0.0294. The number of nitrogens with zero attached hydrogens (tertiary/aromatic N) is 2. The molecular formula is C22H29N3O3. The van der Waals surface area contributed by atoms with Crippen molar-refractivity contribution in [2.45, 2.75) is 12.8 Å². The highest BCUT2D eigenvalue weighted by atomic mass is 16.5. The zero-order valence-electron chi connectivity index (χ0n) is 16.6. The van der Waals surface area contributed by atoms with Gasteiger partial charge in [0.15, 0.2) is 0 Å². The highest BCUT2D eigenvalue weighted by molar-refractivity contribution is 5.89. The van der Waals surface area contributed by atoms with Gasteiger partial charge in [-0.15, -0.1) is 0 Å². The van der Waals surface area contributed by atoms with Crippen LogP contribution in [0.5, 0.6) is 11.5 Å². The summed E-state index contributed by atoms with van der Waals surface area (Å²) in [5.74, 6) is 1.42. The van der Waals surface area contributed by atoms with Crippen LogP contribution in [0.25, 0.3) is 0 Å². The second-order valence-electron chi connectivity index (χ2n) is 7.79. The Morgan fingerprint density at radius 3 is 2.64 bits per heavy atom. The molecule has 1 saturated heterocycles. The molecule has 28 heavy (non-hydrogen) atoms. The monoisotopic (exact) mass is 383 g/mol. The number of amides is 2. The number of anilines is 1. The number of benzene rings is 2. The van der Waals surface area contributed by atoms with Gasteiger partial charge >= 0.3 is 6.03 Å². The molecule has 1 heterocycles. The number of rotatable bonds is 6. The van der Waals surface area contributed by atoms with Crippen molar-refractivity contribution in [3.63, 3.8) is 0 Å². The average Bonchev–Trinajstić information content (AvgIpc) is 2.69. The van der Waals surface area contributed by atoms with E-state index in [1.54, 1.807) is 4.90 Å². The van der Waals surface area contributed by atoms with Crippen LogP contribution in [0.3, 0.4) is 0 Å². The van der Waals surface area contributed by atoms with Crippen molar-refractivity contribution in [2.75, 3.05) is 45.7 Å². The third-order valence-corrected chi connectivity index (χ3v) is 5.00. The van der Waals surface area contributed by atoms with Crippen LogP contribution in [-0.4, -0.2) is 61.3 Å². The van der Waals surface area contributed by atoms with E-state index in [1.165, 1.54) is 0 Å². The fraction of sp³-hybridized carbons (Fsp3) is 0.409. The minimum Gasteiger partial charge on any atom is -0.457 e. The first kappa shape index (κ1) is 20.2. The zero-order valence-corrected chi connectivity index (χ0v) is 16.6. The van der Waals surface area contributed by atoms with Crippen molar-refractivity contribution >= 4 is 11.7 Å². The largest absolute Gasteiger partial charge is 0.457 e. The van der Waals surface area contributed by atoms with Gasteiger partial charge in [0.05, 0.1) is 6.61 Å². The lowest BCUT2D eigenvalue weighted by Crippen LogP contribution is -2.52. The lowest BCUT2D eigenvalue weighted by Gasteiger charge is -2.43. The first-order valence-electron chi connectivity index (χ1n) is 9.64. The molecule has 2 N–H and O–H groups in total. The lowest BCUT2D eigenvalue weighted by atomic mass is 9.80. The molecule has 1 atom stereocenters. The second-order valence-corrected chi connectivity index (χ2v) is 7.79. The molecule has 0 spiro atoms. The topological polar surface area (TPSA) is 65.0 Å². The first-order valence-corrected chi connectivity index (χ1v) is 9.64. The summed E-state index contributed by atoms with van der Waals surface area (Å²) >= 11 is 0. The van der Waals surface area contributed by atoms with Gasteiger partial charge in [0, 0.05) is 36.8 Å². The first-order chi connectivity index (χ1) is 13.5. The van der Waals surface area contributed by atoms with Crippen LogP contribution in [0.4, 0.5) is 10.5 Å². The summed E-state index contributed by atoms with van der Waals surface area (Å²) in [7, 11) is 3.99. The van der Waals surface area contributed by atoms with E-state index >= 15 is 0 Å². The second kappa shape index (κ2) is 9.08. The molecule has 1 unspecified atom stereocenters. The Labute approximate surface area is 166 Å². The maximum absolute atomic E-state index is 12.8. The fourth-order valence-electron chi connectivity index (χ4n) is 3.82. The molecule has 3 rings (SSSR count). The summed E-state index contributed by atoms with van der Waals surface area (Å²) in [5, 5.41) is 12.9. The third-order valence-electron chi connectivity index (χ3n) is 5.00. The molecule has 6 nitrogen and oxygen atoms in total. The summed E-state index contributed by atoms with van der Waals surface area (Å²) in [4.78, 5) is 16.7. The number of carbonyl (C=O) groups is 1. The predicted molar refractivity (Wildman–Crippen MR) is 111 cm³/mol. The van der Waals surface area contributed by atoms with E-state index in [9.17, 15) is 9.90 Å². The van der Waals surface area contributed by atoms with Crippen LogP contribution in [0.15, 0.2) is 54.6 Å². The maximum Gasteiger partial charge on any atom is 0.321 e. The number of piperidine rings is 1. The molecule has 0 bridgehead atoms. The maximum atomic E-state index is 12.8. The van der Waals surface area contributed by atoms with Crippen molar-refractivity contribution in [3.8, 4) is 11.5 Å². The molecule has 6 heteroatoms. The number of aliphatic hydroxyl groups excluding tert-OH is 1. The van der Waals surface area contributed by atoms with Gasteiger partial charge in [-0.2, -0.15) is 0 Å². The van der Waals surface area contributed by atoms with Gasteiger partial charge in [0.25, 0.3) is 0 Å². The van der Waals surface area contributed by atoms with Crippen LogP contribution >= 0.6 is 0 Å². The zero-order chi connectivity index (χ0) is 20.0. The quantitative estimate of drug-likeness (QED) is 0.799. The van der Waals surface area contributed by atoms with Crippen LogP contribution in [0.2, 0.25) is 0 Å². The molecule has 0 aliphatic carbocycles. The van der Waals surface area contributed by atoms with Crippen molar-refractivity contribution in [1.29, 1.82) is 0 Å². The number of hydrogen-bond donors (Lipinski definition) is 2. The Kier molecular flexibility index (Phi) is 6.54. The minimum atomic E-state index is -0.267. The number of aliphatic hydroxyl groups is 1. The van der Waals surface area contributed by atoms with Gasteiger partial charge in [-0.05, 0) is 51.2 Å². The normalized spacial score (nSPS) is 19.5. The Bertz CT molecular complexity index is 782. The summed E-state index contributed by atoms with van der Waals surface area (Å²) < 4.78 is 5.84. The Balaban J connectivity index is 1.65. The van der Waals surface area contributed by atoms with Gasteiger partial charge in [-0.1, -0.05) is 24.3 Å². The predicted octanol–water partition coefficient (Wildman–Crippen LogP) is 3.65. The van der Waals surface area contributed by atoms with E-state index in [0.29, 0.717) is 24.5 Å². The number of urea groups is 1. The van der Waals surface area contributed by atoms with E-state index in [0.717, 1.165) is 25.1 Å². The molecular weight excluding hydrogens is 354 g/mol. The standard InChI is InChI=1S/C22H29N3O3/c1-24(2)15-22(17-26)12-7-13-25(16-22)21(27)23-18-8-6-11-20(14-18)28-19-9-4-3-5-10-19/h3-6,8-11,14,26H,7,12-13,15-17H2,1-2H3,(H,23,27). The number of hydrogen-bond acceptors (Lipinski definition) is 4. The van der Waals surface area contributed by atoms with Crippen LogP contribution < -0.4 is 10.1 Å². The van der Waals surface area contributed by atoms with E-state index in [1.807, 2.05) is 68.7 Å². The molecule has 1 aliphatic rings. The van der Waals surface area contributed by atoms with Crippen molar-refractivity contribution < 1.29 is 14.6 Å². The van der Waals surface area contributed by atoms with Crippen molar-refractivity contribution in [1.82, 2.24) is 9.80 Å². The summed E-state index contributed by atoms with van der Waals surface area (Å²) in [5.41, 5.74) is 0.420. The number of nitrogens with one attached hydrogen (secondary N) is 1. The highest BCUT2D eigenvalue weighted by Gasteiger charge is 2.37. The molecule has 2 aromatic carbocycles. The third kappa shape index (κ3) is 5.24. The van der Waals surface area contributed by atoms with Crippen LogP contribution in [-0.2, 0) is 0 Å². The fourth-order valence-corrected chi connectivity index (χ4v) is 3.82. The van der Waals surface area contributed by atoms with Gasteiger partial charge < -0.3 is 25.0 Å². The SMILES string of the molecule is CN(C)CC1(CO)CCCN(C(=O)Nc2cccc(Oc3ccccc3)c2)C1. The van der Waals surface area contributed by atoms with E-state index in [4.69, 9.17) is 4.74 Å². The van der Waals surface area contributed by atoms with Crippen molar-refractivity contribution in [3.05, 3.63) is 54.6 Å². The van der Waals surface area contributed by atoms with E-state index < -0.39 is 0 Å². The smallest absolute Gasteiger partial charge is 0.321 e.